The lowest BCUT2D eigenvalue weighted by Crippen LogP contribution is -2.21. The van der Waals surface area contributed by atoms with Crippen molar-refractivity contribution < 1.29 is 9.84 Å². The summed E-state index contributed by atoms with van der Waals surface area (Å²) in [6, 6.07) is 15.1. The van der Waals surface area contributed by atoms with E-state index in [2.05, 4.69) is 29.4 Å². The summed E-state index contributed by atoms with van der Waals surface area (Å²) in [7, 11) is 0. The number of nitrogens with zero attached hydrogens (tertiary/aromatic N) is 4. The molecule has 1 N–H and O–H groups in total. The first-order chi connectivity index (χ1) is 13.0. The molecule has 0 fully saturated rings. The van der Waals surface area contributed by atoms with Gasteiger partial charge in [0, 0.05) is 10.8 Å². The van der Waals surface area contributed by atoms with Gasteiger partial charge in [-0.25, -0.2) is 0 Å². The molecule has 3 rings (SSSR count). The number of tetrazole rings is 1. The van der Waals surface area contributed by atoms with Gasteiger partial charge in [0.2, 0.25) is 5.16 Å². The fourth-order valence-electron chi connectivity index (χ4n) is 2.51. The molecule has 1 atom stereocenters. The van der Waals surface area contributed by atoms with Crippen LogP contribution in [0.5, 0.6) is 5.75 Å². The van der Waals surface area contributed by atoms with Gasteiger partial charge < -0.3 is 9.84 Å². The molecule has 0 unspecified atom stereocenters. The molecule has 0 amide bonds. The van der Waals surface area contributed by atoms with Crippen molar-refractivity contribution in [2.75, 3.05) is 12.4 Å². The van der Waals surface area contributed by atoms with Gasteiger partial charge in [0.1, 0.15) is 12.4 Å². The van der Waals surface area contributed by atoms with E-state index in [0.29, 0.717) is 21.8 Å². The number of aliphatic hydroxyl groups is 1. The van der Waals surface area contributed by atoms with Crippen LogP contribution in [0.4, 0.5) is 0 Å². The summed E-state index contributed by atoms with van der Waals surface area (Å²) in [6.07, 6.45) is -0.648. The molecule has 0 aliphatic carbocycles. The maximum atomic E-state index is 10.3. The minimum atomic E-state index is -0.648. The number of rotatable bonds is 8. The first kappa shape index (κ1) is 19.7. The van der Waals surface area contributed by atoms with Crippen LogP contribution in [0.3, 0.4) is 0 Å². The third-order valence-electron chi connectivity index (χ3n) is 3.89. The van der Waals surface area contributed by atoms with Crippen molar-refractivity contribution in [1.82, 2.24) is 20.2 Å². The standard InChI is InChI=1S/C19H21ClN4O2S/c1-13(2)17-5-3-4-6-18(17)26-11-16(25)12-27-19-21-22-23-24(19)15-9-7-14(20)8-10-15/h3-10,13,16,25H,11-12H2,1-2H3/t16-/m1/s1. The topological polar surface area (TPSA) is 73.1 Å². The summed E-state index contributed by atoms with van der Waals surface area (Å²) in [5.41, 5.74) is 1.94. The van der Waals surface area contributed by atoms with E-state index >= 15 is 0 Å². The normalized spacial score (nSPS) is 12.3. The predicted molar refractivity (Wildman–Crippen MR) is 107 cm³/mol. The molecule has 0 spiro atoms. The average molecular weight is 405 g/mol. The summed E-state index contributed by atoms with van der Waals surface area (Å²) >= 11 is 7.29. The van der Waals surface area contributed by atoms with Crippen molar-refractivity contribution in [2.24, 2.45) is 0 Å². The summed E-state index contributed by atoms with van der Waals surface area (Å²) < 4.78 is 7.44. The largest absolute Gasteiger partial charge is 0.491 e. The molecule has 0 aliphatic heterocycles. The second-order valence-electron chi connectivity index (χ2n) is 6.32. The lowest BCUT2D eigenvalue weighted by Gasteiger charge is -2.16. The zero-order chi connectivity index (χ0) is 19.2. The minimum Gasteiger partial charge on any atom is -0.491 e. The van der Waals surface area contributed by atoms with Crippen molar-refractivity contribution in [3.63, 3.8) is 0 Å². The Labute approximate surface area is 167 Å². The van der Waals surface area contributed by atoms with Gasteiger partial charge in [-0.15, -0.1) is 5.10 Å². The second-order valence-corrected chi connectivity index (χ2v) is 7.74. The number of para-hydroxylation sites is 1. The highest BCUT2D eigenvalue weighted by Gasteiger charge is 2.14. The molecule has 142 valence electrons. The molecule has 0 bridgehead atoms. The van der Waals surface area contributed by atoms with Gasteiger partial charge in [-0.05, 0) is 52.2 Å². The SMILES string of the molecule is CC(C)c1ccccc1OC[C@@H](O)CSc1nnnn1-c1ccc(Cl)cc1. The van der Waals surface area contributed by atoms with Crippen LogP contribution in [-0.4, -0.2) is 43.8 Å². The van der Waals surface area contributed by atoms with E-state index in [-0.39, 0.29) is 6.61 Å². The summed E-state index contributed by atoms with van der Waals surface area (Å²) in [5.74, 6) is 1.58. The molecule has 6 nitrogen and oxygen atoms in total. The molecule has 0 saturated heterocycles. The van der Waals surface area contributed by atoms with Gasteiger partial charge in [-0.1, -0.05) is 55.4 Å². The third-order valence-corrected chi connectivity index (χ3v) is 5.21. The van der Waals surface area contributed by atoms with Crippen LogP contribution < -0.4 is 4.74 Å². The van der Waals surface area contributed by atoms with E-state index in [9.17, 15) is 5.11 Å². The highest BCUT2D eigenvalue weighted by molar-refractivity contribution is 7.99. The van der Waals surface area contributed by atoms with Crippen LogP contribution in [0.15, 0.2) is 53.7 Å². The highest BCUT2D eigenvalue weighted by atomic mass is 35.5. The van der Waals surface area contributed by atoms with Crippen molar-refractivity contribution >= 4 is 23.4 Å². The van der Waals surface area contributed by atoms with E-state index in [0.717, 1.165) is 17.0 Å². The molecule has 8 heteroatoms. The molecule has 2 aromatic carbocycles. The number of ether oxygens (including phenoxy) is 1. The summed E-state index contributed by atoms with van der Waals surface area (Å²) in [6.45, 7) is 4.44. The van der Waals surface area contributed by atoms with Crippen molar-refractivity contribution in [3.05, 3.63) is 59.1 Å². The second kappa shape index (κ2) is 9.21. The van der Waals surface area contributed by atoms with Gasteiger partial charge in [0.15, 0.2) is 0 Å². The molecule has 0 aliphatic rings. The Morgan fingerprint density at radius 1 is 1.15 bits per heavy atom. The van der Waals surface area contributed by atoms with Crippen molar-refractivity contribution in [1.29, 1.82) is 0 Å². The fourth-order valence-corrected chi connectivity index (χ4v) is 3.43. The zero-order valence-electron chi connectivity index (χ0n) is 15.1. The Hall–Kier alpha value is -2.09. The van der Waals surface area contributed by atoms with E-state index in [1.165, 1.54) is 11.8 Å². The Bertz CT molecular complexity index is 870. The monoisotopic (exact) mass is 404 g/mol. The van der Waals surface area contributed by atoms with Gasteiger partial charge in [-0.3, -0.25) is 0 Å². The number of benzene rings is 2. The van der Waals surface area contributed by atoms with Gasteiger partial charge in [-0.2, -0.15) is 4.68 Å². The zero-order valence-corrected chi connectivity index (χ0v) is 16.7. The number of thioether (sulfide) groups is 1. The van der Waals surface area contributed by atoms with Crippen LogP contribution in [0, 0.1) is 0 Å². The van der Waals surface area contributed by atoms with Crippen molar-refractivity contribution in [3.8, 4) is 11.4 Å². The molecule has 1 aromatic heterocycles. The van der Waals surface area contributed by atoms with Gasteiger partial charge in [0.05, 0.1) is 11.8 Å². The molecule has 27 heavy (non-hydrogen) atoms. The Kier molecular flexibility index (Phi) is 6.71. The quantitative estimate of drug-likeness (QED) is 0.572. The number of halogens is 1. The number of hydrogen-bond donors (Lipinski definition) is 1. The predicted octanol–water partition coefficient (Wildman–Crippen LogP) is 3.97. The molecule has 1 heterocycles. The van der Waals surface area contributed by atoms with E-state index in [1.54, 1.807) is 16.8 Å². The third kappa shape index (κ3) is 5.22. The van der Waals surface area contributed by atoms with E-state index in [1.807, 2.05) is 36.4 Å². The first-order valence-corrected chi connectivity index (χ1v) is 9.98. The number of aliphatic hydroxyl groups excluding tert-OH is 1. The van der Waals surface area contributed by atoms with Crippen LogP contribution >= 0.6 is 23.4 Å². The Morgan fingerprint density at radius 3 is 2.63 bits per heavy atom. The summed E-state index contributed by atoms with van der Waals surface area (Å²) in [5, 5.41) is 23.3. The molecule has 3 aromatic rings. The highest BCUT2D eigenvalue weighted by Crippen LogP contribution is 2.26. The van der Waals surface area contributed by atoms with Crippen LogP contribution in [0.2, 0.25) is 5.02 Å². The van der Waals surface area contributed by atoms with E-state index < -0.39 is 6.10 Å². The van der Waals surface area contributed by atoms with Crippen LogP contribution in [0.25, 0.3) is 5.69 Å². The molecular formula is C19H21ClN4O2S. The maximum Gasteiger partial charge on any atom is 0.214 e. The van der Waals surface area contributed by atoms with Crippen LogP contribution in [-0.2, 0) is 0 Å². The lowest BCUT2D eigenvalue weighted by molar-refractivity contribution is 0.125. The molecule has 0 saturated carbocycles. The number of aromatic nitrogens is 4. The van der Waals surface area contributed by atoms with Gasteiger partial charge >= 0.3 is 0 Å². The smallest absolute Gasteiger partial charge is 0.214 e. The van der Waals surface area contributed by atoms with Crippen molar-refractivity contribution in [2.45, 2.75) is 31.0 Å². The lowest BCUT2D eigenvalue weighted by atomic mass is 10.0. The average Bonchev–Trinajstić information content (AvgIpc) is 3.14. The first-order valence-electron chi connectivity index (χ1n) is 8.61. The van der Waals surface area contributed by atoms with Crippen LogP contribution in [0.1, 0.15) is 25.3 Å². The molecule has 0 radical (unpaired) electrons. The van der Waals surface area contributed by atoms with E-state index in [4.69, 9.17) is 16.3 Å². The molecular weight excluding hydrogens is 384 g/mol. The summed E-state index contributed by atoms with van der Waals surface area (Å²) in [4.78, 5) is 0. The fraction of sp³-hybridized carbons (Fsp3) is 0.316. The minimum absolute atomic E-state index is 0.208. The maximum absolute atomic E-state index is 10.3. The van der Waals surface area contributed by atoms with Gasteiger partial charge in [0.25, 0.3) is 0 Å². The number of hydrogen-bond acceptors (Lipinski definition) is 6. The Balaban J connectivity index is 1.57. The Morgan fingerprint density at radius 2 is 1.89 bits per heavy atom.